The number of carbonyl (C=O) groups excluding carboxylic acids is 1. The van der Waals surface area contributed by atoms with Crippen LogP contribution >= 0.6 is 11.6 Å². The van der Waals surface area contributed by atoms with Crippen LogP contribution in [0.1, 0.15) is 30.1 Å². The zero-order chi connectivity index (χ0) is 15.8. The SMILES string of the molecule is COc1cc([N+](=O)[O-])ccc1C(=O)NCCCC(C)CCl. The molecule has 1 N–H and O–H groups in total. The first-order valence-electron chi connectivity index (χ1n) is 6.66. The molecular formula is C14H19ClN2O4. The maximum absolute atomic E-state index is 12.0. The summed E-state index contributed by atoms with van der Waals surface area (Å²) in [6.07, 6.45) is 1.76. The summed E-state index contributed by atoms with van der Waals surface area (Å²) in [5.41, 5.74) is 0.174. The molecular weight excluding hydrogens is 296 g/mol. The third kappa shape index (κ3) is 5.23. The second-order valence-electron chi connectivity index (χ2n) is 4.80. The van der Waals surface area contributed by atoms with Gasteiger partial charge in [-0.1, -0.05) is 6.92 Å². The maximum Gasteiger partial charge on any atom is 0.273 e. The average molecular weight is 315 g/mol. The number of alkyl halides is 1. The number of ether oxygens (including phenoxy) is 1. The number of non-ortho nitro benzene ring substituents is 1. The van der Waals surface area contributed by atoms with Gasteiger partial charge in [0.1, 0.15) is 5.75 Å². The van der Waals surface area contributed by atoms with Gasteiger partial charge in [0.25, 0.3) is 11.6 Å². The minimum atomic E-state index is -0.530. The Morgan fingerprint density at radius 3 is 2.81 bits per heavy atom. The smallest absolute Gasteiger partial charge is 0.273 e. The quantitative estimate of drug-likeness (QED) is 0.346. The topological polar surface area (TPSA) is 81.5 Å². The second-order valence-corrected chi connectivity index (χ2v) is 5.11. The molecule has 1 amide bonds. The van der Waals surface area contributed by atoms with Crippen molar-refractivity contribution in [3.05, 3.63) is 33.9 Å². The number of methoxy groups -OCH3 is 1. The van der Waals surface area contributed by atoms with Crippen LogP contribution in [0, 0.1) is 16.0 Å². The second kappa shape index (κ2) is 8.46. The number of rotatable bonds is 8. The fourth-order valence-corrected chi connectivity index (χ4v) is 1.96. The van der Waals surface area contributed by atoms with Crippen LogP contribution in [0.3, 0.4) is 0 Å². The van der Waals surface area contributed by atoms with Gasteiger partial charge < -0.3 is 10.1 Å². The monoisotopic (exact) mass is 314 g/mol. The molecule has 0 aromatic heterocycles. The van der Waals surface area contributed by atoms with E-state index >= 15 is 0 Å². The van der Waals surface area contributed by atoms with E-state index in [4.69, 9.17) is 16.3 Å². The molecule has 1 rings (SSSR count). The predicted octanol–water partition coefficient (Wildman–Crippen LogP) is 2.99. The van der Waals surface area contributed by atoms with E-state index < -0.39 is 4.92 Å². The van der Waals surface area contributed by atoms with Gasteiger partial charge in [-0.3, -0.25) is 14.9 Å². The van der Waals surface area contributed by atoms with E-state index in [0.717, 1.165) is 12.8 Å². The Morgan fingerprint density at radius 2 is 2.24 bits per heavy atom. The Labute approximate surface area is 128 Å². The molecule has 0 radical (unpaired) electrons. The number of amides is 1. The molecule has 1 unspecified atom stereocenters. The van der Waals surface area contributed by atoms with Crippen molar-refractivity contribution in [3.8, 4) is 5.75 Å². The molecule has 0 saturated heterocycles. The van der Waals surface area contributed by atoms with Crippen LogP contribution in [-0.4, -0.2) is 30.4 Å². The normalized spacial score (nSPS) is 11.8. The minimum Gasteiger partial charge on any atom is -0.496 e. The first-order chi connectivity index (χ1) is 9.99. The lowest BCUT2D eigenvalue weighted by molar-refractivity contribution is -0.384. The fraction of sp³-hybridized carbons (Fsp3) is 0.500. The van der Waals surface area contributed by atoms with E-state index in [9.17, 15) is 14.9 Å². The van der Waals surface area contributed by atoms with Gasteiger partial charge in [-0.25, -0.2) is 0 Å². The van der Waals surface area contributed by atoms with Crippen LogP contribution < -0.4 is 10.1 Å². The van der Waals surface area contributed by atoms with Crippen LogP contribution in [0.2, 0.25) is 0 Å². The molecule has 0 aliphatic heterocycles. The highest BCUT2D eigenvalue weighted by molar-refractivity contribution is 6.18. The molecule has 0 saturated carbocycles. The molecule has 6 nitrogen and oxygen atoms in total. The van der Waals surface area contributed by atoms with E-state index in [2.05, 4.69) is 5.32 Å². The maximum atomic E-state index is 12.0. The number of nitro groups is 1. The number of benzene rings is 1. The van der Waals surface area contributed by atoms with Crippen molar-refractivity contribution >= 4 is 23.2 Å². The Morgan fingerprint density at radius 1 is 1.52 bits per heavy atom. The summed E-state index contributed by atoms with van der Waals surface area (Å²) in [6, 6.07) is 3.92. The van der Waals surface area contributed by atoms with Gasteiger partial charge in [0.15, 0.2) is 0 Å². The van der Waals surface area contributed by atoms with E-state index in [1.165, 1.54) is 25.3 Å². The van der Waals surface area contributed by atoms with Crippen molar-refractivity contribution < 1.29 is 14.5 Å². The van der Waals surface area contributed by atoms with Crippen molar-refractivity contribution in [1.29, 1.82) is 0 Å². The number of nitrogens with zero attached hydrogens (tertiary/aromatic N) is 1. The van der Waals surface area contributed by atoms with Gasteiger partial charge >= 0.3 is 0 Å². The molecule has 0 heterocycles. The molecule has 0 aliphatic carbocycles. The Bertz CT molecular complexity index is 508. The molecule has 7 heteroatoms. The molecule has 1 aromatic rings. The third-order valence-corrected chi connectivity index (χ3v) is 3.59. The summed E-state index contributed by atoms with van der Waals surface area (Å²) in [6.45, 7) is 2.58. The van der Waals surface area contributed by atoms with Crippen molar-refractivity contribution in [2.24, 2.45) is 5.92 Å². The highest BCUT2D eigenvalue weighted by Gasteiger charge is 2.16. The highest BCUT2D eigenvalue weighted by atomic mass is 35.5. The van der Waals surface area contributed by atoms with Crippen molar-refractivity contribution in [2.75, 3.05) is 19.5 Å². The Kier molecular flexibility index (Phi) is 6.94. The van der Waals surface area contributed by atoms with Crippen molar-refractivity contribution in [1.82, 2.24) is 5.32 Å². The molecule has 0 aliphatic rings. The average Bonchev–Trinajstić information content (AvgIpc) is 2.50. The first kappa shape index (κ1) is 17.2. The van der Waals surface area contributed by atoms with Gasteiger partial charge in [-0.15, -0.1) is 11.6 Å². The van der Waals surface area contributed by atoms with E-state index in [-0.39, 0.29) is 22.9 Å². The summed E-state index contributed by atoms with van der Waals surface area (Å²) in [5, 5.41) is 13.5. The van der Waals surface area contributed by atoms with Crippen LogP contribution in [0.25, 0.3) is 0 Å². The summed E-state index contributed by atoms with van der Waals surface area (Å²) < 4.78 is 5.04. The number of nitro benzene ring substituents is 1. The van der Waals surface area contributed by atoms with E-state index in [0.29, 0.717) is 18.3 Å². The van der Waals surface area contributed by atoms with E-state index in [1.807, 2.05) is 6.92 Å². The number of halogens is 1. The molecule has 1 aromatic carbocycles. The molecule has 1 atom stereocenters. The molecule has 0 bridgehead atoms. The van der Waals surface area contributed by atoms with Crippen LogP contribution in [-0.2, 0) is 0 Å². The zero-order valence-electron chi connectivity index (χ0n) is 12.1. The minimum absolute atomic E-state index is 0.112. The lowest BCUT2D eigenvalue weighted by Gasteiger charge is -2.10. The Balaban J connectivity index is 2.63. The summed E-state index contributed by atoms with van der Waals surface area (Å²) in [5.74, 6) is 0.901. The number of hydrogen-bond acceptors (Lipinski definition) is 4. The van der Waals surface area contributed by atoms with Crippen LogP contribution in [0.5, 0.6) is 5.75 Å². The molecule has 0 fully saturated rings. The Hall–Kier alpha value is -1.82. The summed E-state index contributed by atoms with van der Waals surface area (Å²) in [7, 11) is 1.37. The van der Waals surface area contributed by atoms with Gasteiger partial charge in [-0.2, -0.15) is 0 Å². The predicted molar refractivity (Wildman–Crippen MR) is 81.1 cm³/mol. The molecule has 0 spiro atoms. The summed E-state index contributed by atoms with van der Waals surface area (Å²) in [4.78, 5) is 22.2. The van der Waals surface area contributed by atoms with Gasteiger partial charge in [0, 0.05) is 18.5 Å². The number of hydrogen-bond donors (Lipinski definition) is 1. The third-order valence-electron chi connectivity index (χ3n) is 3.06. The number of carbonyl (C=O) groups is 1. The number of nitrogens with one attached hydrogen (secondary N) is 1. The van der Waals surface area contributed by atoms with Crippen LogP contribution in [0.15, 0.2) is 18.2 Å². The lowest BCUT2D eigenvalue weighted by atomic mass is 10.1. The van der Waals surface area contributed by atoms with Crippen molar-refractivity contribution in [3.63, 3.8) is 0 Å². The standard InChI is InChI=1S/C14H19ClN2O4/c1-10(9-15)4-3-7-16-14(18)12-6-5-11(17(19)20)8-13(12)21-2/h5-6,8,10H,3-4,7,9H2,1-2H3,(H,16,18). The van der Waals surface area contributed by atoms with Crippen LogP contribution in [0.4, 0.5) is 5.69 Å². The molecule has 116 valence electrons. The highest BCUT2D eigenvalue weighted by Crippen LogP contribution is 2.24. The largest absolute Gasteiger partial charge is 0.496 e. The molecule has 21 heavy (non-hydrogen) atoms. The van der Waals surface area contributed by atoms with Gasteiger partial charge in [-0.05, 0) is 24.8 Å². The van der Waals surface area contributed by atoms with Gasteiger partial charge in [0.05, 0.1) is 23.7 Å². The van der Waals surface area contributed by atoms with Crippen molar-refractivity contribution in [2.45, 2.75) is 19.8 Å². The zero-order valence-corrected chi connectivity index (χ0v) is 12.9. The summed E-state index contributed by atoms with van der Waals surface area (Å²) >= 11 is 5.71. The lowest BCUT2D eigenvalue weighted by Crippen LogP contribution is -2.25. The fourth-order valence-electron chi connectivity index (χ4n) is 1.81. The van der Waals surface area contributed by atoms with Gasteiger partial charge in [0.2, 0.25) is 0 Å². The first-order valence-corrected chi connectivity index (χ1v) is 7.19. The van der Waals surface area contributed by atoms with E-state index in [1.54, 1.807) is 0 Å².